The molecule has 1 aliphatic rings. The summed E-state index contributed by atoms with van der Waals surface area (Å²) in [4.78, 5) is 0. The van der Waals surface area contributed by atoms with Crippen LogP contribution in [0.3, 0.4) is 0 Å². The highest BCUT2D eigenvalue weighted by molar-refractivity contribution is 5.10. The minimum absolute atomic E-state index is 1.14. The van der Waals surface area contributed by atoms with Gasteiger partial charge in [0, 0.05) is 0 Å². The zero-order valence-corrected chi connectivity index (χ0v) is 8.71. The molecule has 0 amide bonds. The molecular weight excluding hydrogens is 168 g/mol. The summed E-state index contributed by atoms with van der Waals surface area (Å²) < 4.78 is 0. The summed E-state index contributed by atoms with van der Waals surface area (Å²) in [6.45, 7) is 0. The van der Waals surface area contributed by atoms with Crippen molar-refractivity contribution >= 4 is 0 Å². The van der Waals surface area contributed by atoms with Crippen molar-refractivity contribution in [3.8, 4) is 0 Å². The topological polar surface area (TPSA) is 0 Å². The number of hydrogen-bond acceptors (Lipinski definition) is 0. The van der Waals surface area contributed by atoms with E-state index < -0.39 is 0 Å². The molecule has 0 atom stereocenters. The predicted molar refractivity (Wildman–Crippen MR) is 62.1 cm³/mol. The first-order valence-electron chi connectivity index (χ1n) is 5.48. The van der Waals surface area contributed by atoms with Crippen molar-refractivity contribution in [3.63, 3.8) is 0 Å². The minimum atomic E-state index is 1.14. The lowest BCUT2D eigenvalue weighted by molar-refractivity contribution is 0.652. The van der Waals surface area contributed by atoms with Crippen LogP contribution in [-0.4, -0.2) is 0 Å². The van der Waals surface area contributed by atoms with Crippen LogP contribution in [0.2, 0.25) is 0 Å². The molecule has 0 radical (unpaired) electrons. The van der Waals surface area contributed by atoms with Crippen molar-refractivity contribution in [1.29, 1.82) is 0 Å². The summed E-state index contributed by atoms with van der Waals surface area (Å²) in [6, 6.07) is 0. The largest absolute Gasteiger partial charge is 0.0845 e. The number of allylic oxidation sites excluding steroid dienone is 6. The maximum absolute atomic E-state index is 3.03. The van der Waals surface area contributed by atoms with Gasteiger partial charge in [0.05, 0.1) is 0 Å². The average molecular weight is 186 g/mol. The number of hydrogen-bond donors (Lipinski definition) is 0. The van der Waals surface area contributed by atoms with Gasteiger partial charge in [-0.05, 0) is 37.8 Å². The van der Waals surface area contributed by atoms with Gasteiger partial charge in [0.25, 0.3) is 0 Å². The Balaban J connectivity index is 2.49. The molecule has 14 heavy (non-hydrogen) atoms. The zero-order chi connectivity index (χ0) is 9.90. The third kappa shape index (κ3) is 6.31. The first kappa shape index (κ1) is 10.9. The Morgan fingerprint density at radius 2 is 1.57 bits per heavy atom. The van der Waals surface area contributed by atoms with Crippen LogP contribution >= 0.6 is 0 Å². The first-order chi connectivity index (χ1) is 7.00. The molecule has 1 aliphatic carbocycles. The van der Waals surface area contributed by atoms with Crippen molar-refractivity contribution in [1.82, 2.24) is 0 Å². The smallest absolute Gasteiger partial charge is 0.0115 e. The van der Waals surface area contributed by atoms with E-state index in [0.717, 1.165) is 6.42 Å². The fourth-order valence-electron chi connectivity index (χ4n) is 1.38. The van der Waals surface area contributed by atoms with E-state index in [1.807, 2.05) is 18.2 Å². The van der Waals surface area contributed by atoms with Gasteiger partial charge in [0.15, 0.2) is 0 Å². The van der Waals surface area contributed by atoms with Crippen LogP contribution in [0.25, 0.3) is 0 Å². The Hall–Kier alpha value is -1.22. The van der Waals surface area contributed by atoms with Gasteiger partial charge in [-0.2, -0.15) is 0 Å². The Morgan fingerprint density at radius 3 is 2.50 bits per heavy atom. The van der Waals surface area contributed by atoms with Gasteiger partial charge in [-0.25, -0.2) is 0 Å². The third-order valence-corrected chi connectivity index (χ3v) is 2.19. The monoisotopic (exact) mass is 186 g/mol. The van der Waals surface area contributed by atoms with Gasteiger partial charge in [0.2, 0.25) is 0 Å². The molecule has 0 saturated carbocycles. The molecule has 0 aromatic heterocycles. The van der Waals surface area contributed by atoms with E-state index >= 15 is 0 Å². The van der Waals surface area contributed by atoms with E-state index in [9.17, 15) is 0 Å². The normalized spacial score (nSPS) is 18.3. The van der Waals surface area contributed by atoms with Gasteiger partial charge >= 0.3 is 0 Å². The lowest BCUT2D eigenvalue weighted by Gasteiger charge is -1.95. The molecule has 0 N–H and O–H groups in total. The molecular formula is C14H18. The Morgan fingerprint density at radius 1 is 0.714 bits per heavy atom. The second-order valence-electron chi connectivity index (χ2n) is 3.46. The average Bonchev–Trinajstić information content (AvgIpc) is 2.22. The molecule has 0 nitrogen and oxygen atoms in total. The molecule has 74 valence electrons. The molecule has 0 unspecified atom stereocenters. The van der Waals surface area contributed by atoms with Crippen LogP contribution in [0.1, 0.15) is 38.5 Å². The Labute approximate surface area is 87.0 Å². The molecule has 0 bridgehead atoms. The standard InChI is InChI=1S/C14H18/c1-2-4-6-8-10-12-14-13-11-9-7-5-3-1/h1-5,11H,6,8,10,12-14H2. The lowest BCUT2D eigenvalue weighted by atomic mass is 10.1. The van der Waals surface area contributed by atoms with Crippen LogP contribution in [0.15, 0.2) is 47.9 Å². The van der Waals surface area contributed by atoms with Crippen molar-refractivity contribution in [2.24, 2.45) is 0 Å². The zero-order valence-electron chi connectivity index (χ0n) is 8.71. The summed E-state index contributed by atoms with van der Waals surface area (Å²) in [5, 5.41) is 0. The highest BCUT2D eigenvalue weighted by atomic mass is 13.9. The van der Waals surface area contributed by atoms with Crippen LogP contribution < -0.4 is 0 Å². The van der Waals surface area contributed by atoms with E-state index in [1.54, 1.807) is 0 Å². The van der Waals surface area contributed by atoms with Gasteiger partial charge in [-0.15, -0.1) is 0 Å². The maximum atomic E-state index is 3.03. The van der Waals surface area contributed by atoms with Crippen LogP contribution in [-0.2, 0) is 0 Å². The van der Waals surface area contributed by atoms with Crippen LogP contribution in [0, 0.1) is 0 Å². The fraction of sp³-hybridized carbons (Fsp3) is 0.429. The van der Waals surface area contributed by atoms with E-state index in [1.165, 1.54) is 32.1 Å². The second kappa shape index (κ2) is 8.38. The molecule has 0 aromatic rings. The molecule has 0 aromatic carbocycles. The maximum Gasteiger partial charge on any atom is -0.0115 e. The van der Waals surface area contributed by atoms with Gasteiger partial charge < -0.3 is 0 Å². The molecule has 1 rings (SSSR count). The van der Waals surface area contributed by atoms with E-state index in [2.05, 4.69) is 29.7 Å². The van der Waals surface area contributed by atoms with E-state index in [0.29, 0.717) is 0 Å². The molecule has 0 spiro atoms. The molecule has 0 heteroatoms. The van der Waals surface area contributed by atoms with Gasteiger partial charge in [-0.1, -0.05) is 48.6 Å². The van der Waals surface area contributed by atoms with E-state index in [-0.39, 0.29) is 0 Å². The summed E-state index contributed by atoms with van der Waals surface area (Å²) in [6.07, 6.45) is 20.0. The summed E-state index contributed by atoms with van der Waals surface area (Å²) >= 11 is 0. The lowest BCUT2D eigenvalue weighted by Crippen LogP contribution is -1.76. The van der Waals surface area contributed by atoms with Crippen molar-refractivity contribution in [3.05, 3.63) is 47.9 Å². The minimum Gasteiger partial charge on any atom is -0.0845 e. The van der Waals surface area contributed by atoms with Crippen molar-refractivity contribution in [2.45, 2.75) is 38.5 Å². The third-order valence-electron chi connectivity index (χ3n) is 2.19. The SMILES string of the molecule is C1=C=CCCCCCCC=CC=CC=1. The molecule has 0 heterocycles. The molecule has 0 fully saturated rings. The summed E-state index contributed by atoms with van der Waals surface area (Å²) in [5.74, 6) is 0. The highest BCUT2D eigenvalue weighted by Crippen LogP contribution is 2.06. The van der Waals surface area contributed by atoms with Gasteiger partial charge in [0.1, 0.15) is 0 Å². The predicted octanol–water partition coefficient (Wildman–Crippen LogP) is 4.32. The van der Waals surface area contributed by atoms with E-state index in [4.69, 9.17) is 0 Å². The Bertz CT molecular complexity index is 279. The second-order valence-corrected chi connectivity index (χ2v) is 3.46. The Kier molecular flexibility index (Phi) is 6.50. The summed E-state index contributed by atoms with van der Waals surface area (Å²) in [7, 11) is 0. The van der Waals surface area contributed by atoms with Gasteiger partial charge in [-0.3, -0.25) is 0 Å². The number of rotatable bonds is 0. The van der Waals surface area contributed by atoms with Crippen molar-refractivity contribution in [2.75, 3.05) is 0 Å². The highest BCUT2D eigenvalue weighted by Gasteiger charge is 1.86. The quantitative estimate of drug-likeness (QED) is 0.494. The molecule has 0 saturated heterocycles. The fourth-order valence-corrected chi connectivity index (χ4v) is 1.38. The van der Waals surface area contributed by atoms with Crippen LogP contribution in [0.4, 0.5) is 0 Å². The van der Waals surface area contributed by atoms with Crippen molar-refractivity contribution < 1.29 is 0 Å². The van der Waals surface area contributed by atoms with Crippen LogP contribution in [0.5, 0.6) is 0 Å². The summed E-state index contributed by atoms with van der Waals surface area (Å²) in [5.41, 5.74) is 6.02. The first-order valence-corrected chi connectivity index (χ1v) is 5.48. The molecule has 0 aliphatic heterocycles.